The Kier molecular flexibility index (Phi) is 9.49. The predicted octanol–water partition coefficient (Wildman–Crippen LogP) is 3.65. The minimum atomic E-state index is -0.580. The van der Waals surface area contributed by atoms with E-state index in [0.717, 1.165) is 5.01 Å². The molecule has 1 heterocycles. The van der Waals surface area contributed by atoms with Gasteiger partial charge in [-0.15, -0.1) is 5.01 Å². The second-order valence-corrected chi connectivity index (χ2v) is 8.53. The summed E-state index contributed by atoms with van der Waals surface area (Å²) in [5.41, 5.74) is 2.24. The summed E-state index contributed by atoms with van der Waals surface area (Å²) in [4.78, 5) is 41.4. The van der Waals surface area contributed by atoms with Gasteiger partial charge in [0.05, 0.1) is 31.1 Å². The van der Waals surface area contributed by atoms with Crippen LogP contribution in [0.5, 0.6) is 5.75 Å². The van der Waals surface area contributed by atoms with Gasteiger partial charge in [-0.1, -0.05) is 11.6 Å². The molecule has 0 N–H and O–H groups in total. The van der Waals surface area contributed by atoms with E-state index >= 15 is 0 Å². The Morgan fingerprint density at radius 2 is 1.84 bits per heavy atom. The van der Waals surface area contributed by atoms with Gasteiger partial charge in [0.2, 0.25) is 5.28 Å². The number of aromatic nitrogens is 1. The molecule has 0 unspecified atom stereocenters. The first-order valence-electron chi connectivity index (χ1n) is 11.4. The van der Waals surface area contributed by atoms with Crippen molar-refractivity contribution in [2.75, 3.05) is 34.1 Å². The summed E-state index contributed by atoms with van der Waals surface area (Å²) in [5.74, 6) is -0.835. The summed E-state index contributed by atoms with van der Waals surface area (Å²) in [6.07, 6.45) is -0.114. The topological polar surface area (TPSA) is 135 Å². The van der Waals surface area contributed by atoms with Crippen molar-refractivity contribution in [3.05, 3.63) is 69.5 Å². The maximum absolute atomic E-state index is 13.4. The van der Waals surface area contributed by atoms with Gasteiger partial charge in [0.25, 0.3) is 12.7 Å². The van der Waals surface area contributed by atoms with Crippen molar-refractivity contribution in [1.29, 1.82) is 0 Å². The van der Waals surface area contributed by atoms with E-state index in [0.29, 0.717) is 38.5 Å². The lowest BCUT2D eigenvalue weighted by molar-refractivity contribution is -0.706. The number of hydrogen-bond donors (Lipinski definition) is 0. The van der Waals surface area contributed by atoms with E-state index < -0.39 is 18.7 Å². The average Bonchev–Trinajstić information content (AvgIpc) is 3.16. The van der Waals surface area contributed by atoms with E-state index in [9.17, 15) is 19.6 Å². The van der Waals surface area contributed by atoms with Crippen LogP contribution in [0.1, 0.15) is 28.5 Å². The van der Waals surface area contributed by atoms with Crippen molar-refractivity contribution >= 4 is 40.3 Å². The number of ether oxygens (including phenoxy) is 3. The second kappa shape index (κ2) is 12.8. The molecule has 13 heteroatoms. The molecule has 0 fully saturated rings. The zero-order valence-electron chi connectivity index (χ0n) is 21.3. The number of carbonyl (C=O) groups is 3. The third-order valence-electron chi connectivity index (χ3n) is 5.57. The molecule has 0 amide bonds. The van der Waals surface area contributed by atoms with Gasteiger partial charge in [0, 0.05) is 28.6 Å². The summed E-state index contributed by atoms with van der Waals surface area (Å²) in [6.45, 7) is 2.34. The smallest absolute Gasteiger partial charge is 0.310 e. The zero-order chi connectivity index (χ0) is 27.8. The normalized spacial score (nSPS) is 11.2. The van der Waals surface area contributed by atoms with Crippen molar-refractivity contribution in [2.24, 2.45) is 5.28 Å². The lowest BCUT2D eigenvalue weighted by atomic mass is 10.1. The Morgan fingerprint density at radius 1 is 1.13 bits per heavy atom. The first kappa shape index (κ1) is 28.3. The van der Waals surface area contributed by atoms with Gasteiger partial charge in [-0.25, -0.2) is 0 Å². The molecule has 0 saturated carbocycles. The highest BCUT2D eigenvalue weighted by atomic mass is 35.5. The zero-order valence-corrected chi connectivity index (χ0v) is 22.1. The molecular formula is C25H27ClN4O8. The van der Waals surface area contributed by atoms with Crippen molar-refractivity contribution in [3.8, 4) is 5.75 Å². The van der Waals surface area contributed by atoms with Crippen LogP contribution in [0.15, 0.2) is 47.7 Å². The Morgan fingerprint density at radius 3 is 2.50 bits per heavy atom. The molecule has 12 nitrogen and oxygen atoms in total. The van der Waals surface area contributed by atoms with Gasteiger partial charge in [0.15, 0.2) is 0 Å². The summed E-state index contributed by atoms with van der Waals surface area (Å²) in [5, 5.41) is 17.3. The molecule has 1 aromatic heterocycles. The number of benzene rings is 2. The SMILES string of the molecule is COc1ccc2c(c1)c(CC(=O)OCCN(C)/[N+]([O-])=N/OCOC(C)=O)c(C)n2C(=O)c1ccc(Cl)cc1. The van der Waals surface area contributed by atoms with E-state index in [-0.39, 0.29) is 30.4 Å². The monoisotopic (exact) mass is 546 g/mol. The molecule has 0 spiro atoms. The quantitative estimate of drug-likeness (QED) is 0.0881. The number of hydrazine groups is 1. The molecule has 0 saturated heterocycles. The van der Waals surface area contributed by atoms with Crippen LogP contribution in [0, 0.1) is 12.1 Å². The van der Waals surface area contributed by atoms with Crippen LogP contribution in [0.25, 0.3) is 10.9 Å². The highest BCUT2D eigenvalue weighted by Gasteiger charge is 2.22. The number of fused-ring (bicyclic) bond motifs is 1. The third kappa shape index (κ3) is 6.91. The summed E-state index contributed by atoms with van der Waals surface area (Å²) >= 11 is 5.97. The lowest BCUT2D eigenvalue weighted by Gasteiger charge is -2.13. The molecule has 3 aromatic rings. The maximum atomic E-state index is 13.4. The molecule has 0 radical (unpaired) electrons. The van der Waals surface area contributed by atoms with E-state index in [2.05, 4.69) is 14.9 Å². The van der Waals surface area contributed by atoms with Crippen LogP contribution in [0.2, 0.25) is 5.02 Å². The summed E-state index contributed by atoms with van der Waals surface area (Å²) in [7, 11) is 2.94. The predicted molar refractivity (Wildman–Crippen MR) is 135 cm³/mol. The fraction of sp³-hybridized carbons (Fsp3) is 0.320. The molecule has 38 heavy (non-hydrogen) atoms. The van der Waals surface area contributed by atoms with Crippen molar-refractivity contribution < 1.29 is 38.4 Å². The maximum Gasteiger partial charge on any atom is 0.310 e. The van der Waals surface area contributed by atoms with Crippen molar-refractivity contribution in [1.82, 2.24) is 9.58 Å². The molecule has 0 aliphatic carbocycles. The highest BCUT2D eigenvalue weighted by molar-refractivity contribution is 6.30. The Hall–Kier alpha value is -4.32. The molecule has 3 rings (SSSR count). The standard InChI is InChI=1S/C25H27ClN4O8/c1-16-21(14-24(32)36-12-11-28(3)30(34)27-38-15-37-17(2)31)22-13-20(35-4)9-10-23(22)29(16)25(33)18-5-7-19(26)8-6-18/h5-10,13H,11-12,14-15H2,1-4H3/b30-27-. The van der Waals surface area contributed by atoms with Crippen LogP contribution in [0.3, 0.4) is 0 Å². The number of esters is 2. The van der Waals surface area contributed by atoms with Gasteiger partial charge in [0.1, 0.15) is 18.9 Å². The van der Waals surface area contributed by atoms with Crippen molar-refractivity contribution in [2.45, 2.75) is 20.3 Å². The van der Waals surface area contributed by atoms with Crippen molar-refractivity contribution in [3.63, 3.8) is 0 Å². The number of carbonyl (C=O) groups excluding carboxylic acids is 3. The minimum absolute atomic E-state index is 0.0132. The summed E-state index contributed by atoms with van der Waals surface area (Å²) < 4.78 is 16.7. The van der Waals surface area contributed by atoms with Crippen LogP contribution >= 0.6 is 11.6 Å². The number of hydrogen-bond acceptors (Lipinski definition) is 9. The number of nitrogens with zero attached hydrogens (tertiary/aromatic N) is 4. The number of rotatable bonds is 11. The third-order valence-corrected chi connectivity index (χ3v) is 5.82. The van der Waals surface area contributed by atoms with Crippen LogP contribution in [-0.2, 0) is 30.3 Å². The van der Waals surface area contributed by atoms with Crippen LogP contribution in [-0.4, -0.2) is 66.5 Å². The van der Waals surface area contributed by atoms with Gasteiger partial charge >= 0.3 is 11.9 Å². The molecule has 2 aromatic carbocycles. The molecular weight excluding hydrogens is 520 g/mol. The van der Waals surface area contributed by atoms with Gasteiger partial charge in [-0.2, -0.15) is 0 Å². The minimum Gasteiger partial charge on any atom is -0.569 e. The second-order valence-electron chi connectivity index (χ2n) is 8.09. The molecule has 202 valence electrons. The number of halogens is 1. The first-order valence-corrected chi connectivity index (χ1v) is 11.8. The van der Waals surface area contributed by atoms with E-state index in [4.69, 9.17) is 21.1 Å². The Labute approximate surface area is 223 Å². The Bertz CT molecular complexity index is 1350. The van der Waals surface area contributed by atoms with E-state index in [1.165, 1.54) is 21.1 Å². The van der Waals surface area contributed by atoms with Gasteiger partial charge < -0.3 is 24.3 Å². The Balaban J connectivity index is 1.73. The van der Waals surface area contributed by atoms with Gasteiger partial charge in [-0.05, 0) is 55.0 Å². The average molecular weight is 547 g/mol. The number of likely N-dealkylation sites (N-methyl/N-ethyl adjacent to an activating group) is 1. The largest absolute Gasteiger partial charge is 0.569 e. The highest BCUT2D eigenvalue weighted by Crippen LogP contribution is 2.31. The van der Waals surface area contributed by atoms with Gasteiger partial charge in [-0.3, -0.25) is 19.0 Å². The number of methoxy groups -OCH3 is 1. The van der Waals surface area contributed by atoms with Crippen LogP contribution in [0.4, 0.5) is 0 Å². The van der Waals surface area contributed by atoms with E-state index in [1.54, 1.807) is 54.0 Å². The molecule has 0 bridgehead atoms. The summed E-state index contributed by atoms with van der Waals surface area (Å²) in [6, 6.07) is 11.8. The first-order chi connectivity index (χ1) is 18.1. The molecule has 0 atom stereocenters. The fourth-order valence-electron chi connectivity index (χ4n) is 3.61. The lowest BCUT2D eigenvalue weighted by Crippen LogP contribution is -2.31. The van der Waals surface area contributed by atoms with E-state index in [1.807, 2.05) is 0 Å². The molecule has 0 aliphatic heterocycles. The van der Waals surface area contributed by atoms with Crippen LogP contribution < -0.4 is 4.74 Å². The fourth-order valence-corrected chi connectivity index (χ4v) is 3.74. The molecule has 0 aliphatic rings.